The Morgan fingerprint density at radius 2 is 2.31 bits per heavy atom. The summed E-state index contributed by atoms with van der Waals surface area (Å²) in [5, 5.41) is 9.55. The number of rotatable bonds is 3. The van der Waals surface area contributed by atoms with E-state index in [1.54, 1.807) is 0 Å². The van der Waals surface area contributed by atoms with Gasteiger partial charge in [-0.1, -0.05) is 15.9 Å². The maximum absolute atomic E-state index is 12.4. The molecule has 0 unspecified atom stereocenters. The molecule has 1 heterocycles. The second-order valence-corrected chi connectivity index (χ2v) is 3.37. The van der Waals surface area contributed by atoms with Crippen molar-refractivity contribution in [1.82, 2.24) is 4.98 Å². The maximum Gasteiger partial charge on any atom is 0.339 e. The fraction of sp³-hybridized carbons (Fsp3) is 0.333. The lowest BCUT2D eigenvalue weighted by atomic mass is 10.1. The Kier molecular flexibility index (Phi) is 4.17. The predicted molar refractivity (Wildman–Crippen MR) is 54.8 cm³/mol. The monoisotopic (exact) mass is 295 g/mol. The summed E-state index contributed by atoms with van der Waals surface area (Å²) >= 11 is 3.00. The summed E-state index contributed by atoms with van der Waals surface area (Å²) in [4.78, 5) is 14.6. The standard InChI is InChI=1S/C9H8BrF2NO3/c1-16-9(15)5-3-13-6(8(11)12)7(14)4(5)2-10/h3,8,14H,2H2,1H3. The third kappa shape index (κ3) is 2.29. The molecule has 16 heavy (non-hydrogen) atoms. The summed E-state index contributed by atoms with van der Waals surface area (Å²) in [7, 11) is 1.15. The molecule has 1 N–H and O–H groups in total. The number of hydrogen-bond acceptors (Lipinski definition) is 4. The molecule has 0 amide bonds. The van der Waals surface area contributed by atoms with Crippen molar-refractivity contribution in [2.24, 2.45) is 0 Å². The van der Waals surface area contributed by atoms with Crippen LogP contribution in [0.4, 0.5) is 8.78 Å². The van der Waals surface area contributed by atoms with Crippen LogP contribution in [0.15, 0.2) is 6.20 Å². The first-order valence-corrected chi connectivity index (χ1v) is 5.28. The molecule has 4 nitrogen and oxygen atoms in total. The Morgan fingerprint density at radius 1 is 1.69 bits per heavy atom. The number of methoxy groups -OCH3 is 1. The van der Waals surface area contributed by atoms with E-state index in [0.717, 1.165) is 13.3 Å². The number of pyridine rings is 1. The van der Waals surface area contributed by atoms with Gasteiger partial charge in [0.2, 0.25) is 0 Å². The van der Waals surface area contributed by atoms with Crippen LogP contribution in [0, 0.1) is 0 Å². The minimum absolute atomic E-state index is 0.0390. The zero-order chi connectivity index (χ0) is 12.3. The molecule has 0 saturated heterocycles. The van der Waals surface area contributed by atoms with Crippen molar-refractivity contribution in [3.05, 3.63) is 23.0 Å². The highest BCUT2D eigenvalue weighted by molar-refractivity contribution is 9.08. The molecule has 0 aliphatic heterocycles. The van der Waals surface area contributed by atoms with Gasteiger partial charge < -0.3 is 9.84 Å². The van der Waals surface area contributed by atoms with Gasteiger partial charge in [0.1, 0.15) is 11.4 Å². The van der Waals surface area contributed by atoms with Gasteiger partial charge in [0.05, 0.1) is 12.7 Å². The maximum atomic E-state index is 12.4. The minimum atomic E-state index is -2.90. The SMILES string of the molecule is COC(=O)c1cnc(C(F)F)c(O)c1CBr. The number of alkyl halides is 3. The summed E-state index contributed by atoms with van der Waals surface area (Å²) in [6.07, 6.45) is -1.94. The van der Waals surface area contributed by atoms with E-state index < -0.39 is 23.8 Å². The third-order valence-corrected chi connectivity index (χ3v) is 2.49. The zero-order valence-electron chi connectivity index (χ0n) is 8.21. The number of aromatic nitrogens is 1. The molecule has 0 aliphatic carbocycles. The molecule has 1 aromatic rings. The number of carbonyl (C=O) groups excluding carboxylic acids is 1. The lowest BCUT2D eigenvalue weighted by Gasteiger charge is -2.10. The molecule has 0 aromatic carbocycles. The van der Waals surface area contributed by atoms with Crippen LogP contribution in [0.3, 0.4) is 0 Å². The average Bonchev–Trinajstić information content (AvgIpc) is 2.26. The van der Waals surface area contributed by atoms with E-state index in [0.29, 0.717) is 0 Å². The number of carbonyl (C=O) groups is 1. The molecule has 0 aliphatic rings. The average molecular weight is 296 g/mol. The first-order valence-electron chi connectivity index (χ1n) is 4.16. The van der Waals surface area contributed by atoms with Crippen molar-refractivity contribution >= 4 is 21.9 Å². The summed E-state index contributed by atoms with van der Waals surface area (Å²) < 4.78 is 29.2. The van der Waals surface area contributed by atoms with Crippen molar-refractivity contribution in [2.75, 3.05) is 7.11 Å². The molecule has 0 spiro atoms. The van der Waals surface area contributed by atoms with Crippen LogP contribution < -0.4 is 0 Å². The van der Waals surface area contributed by atoms with Gasteiger partial charge in [-0.15, -0.1) is 0 Å². The van der Waals surface area contributed by atoms with Crippen LogP contribution in [0.25, 0.3) is 0 Å². The second-order valence-electron chi connectivity index (χ2n) is 2.81. The van der Waals surface area contributed by atoms with Gasteiger partial charge >= 0.3 is 5.97 Å². The Labute approximate surface area is 98.4 Å². The van der Waals surface area contributed by atoms with Crippen LogP contribution in [0.1, 0.15) is 28.0 Å². The number of hydrogen-bond donors (Lipinski definition) is 1. The molecule has 0 fully saturated rings. The lowest BCUT2D eigenvalue weighted by molar-refractivity contribution is 0.0597. The van der Waals surface area contributed by atoms with Crippen molar-refractivity contribution in [2.45, 2.75) is 11.8 Å². The Bertz CT molecular complexity index is 412. The Hall–Kier alpha value is -1.24. The molecule has 7 heteroatoms. The lowest BCUT2D eigenvalue weighted by Crippen LogP contribution is -2.08. The molecule has 0 bridgehead atoms. The number of ether oxygens (including phenoxy) is 1. The molecule has 0 radical (unpaired) electrons. The highest BCUT2D eigenvalue weighted by atomic mass is 79.9. The number of nitrogens with zero attached hydrogens (tertiary/aromatic N) is 1. The summed E-state index contributed by atoms with van der Waals surface area (Å²) in [6.45, 7) is 0. The summed E-state index contributed by atoms with van der Waals surface area (Å²) in [6, 6.07) is 0. The van der Waals surface area contributed by atoms with Gasteiger partial charge in [0.25, 0.3) is 6.43 Å². The van der Waals surface area contributed by atoms with Gasteiger partial charge in [0, 0.05) is 17.1 Å². The van der Waals surface area contributed by atoms with Gasteiger partial charge in [-0.25, -0.2) is 13.6 Å². The smallest absolute Gasteiger partial charge is 0.339 e. The van der Waals surface area contributed by atoms with Crippen LogP contribution >= 0.6 is 15.9 Å². The van der Waals surface area contributed by atoms with Gasteiger partial charge in [-0.2, -0.15) is 0 Å². The fourth-order valence-corrected chi connectivity index (χ4v) is 1.70. The zero-order valence-corrected chi connectivity index (χ0v) is 9.79. The molecule has 0 atom stereocenters. The molecule has 1 aromatic heterocycles. The van der Waals surface area contributed by atoms with Crippen molar-refractivity contribution < 1.29 is 23.4 Å². The third-order valence-electron chi connectivity index (χ3n) is 1.93. The number of esters is 1. The van der Waals surface area contributed by atoms with E-state index in [2.05, 4.69) is 25.7 Å². The largest absolute Gasteiger partial charge is 0.505 e. The van der Waals surface area contributed by atoms with Gasteiger partial charge in [0.15, 0.2) is 0 Å². The molecule has 0 saturated carbocycles. The van der Waals surface area contributed by atoms with Crippen LogP contribution in [-0.4, -0.2) is 23.2 Å². The number of halogens is 3. The minimum Gasteiger partial charge on any atom is -0.505 e. The van der Waals surface area contributed by atoms with Crippen LogP contribution in [0.2, 0.25) is 0 Å². The second kappa shape index (κ2) is 5.20. The van der Waals surface area contributed by atoms with Crippen molar-refractivity contribution in [3.8, 4) is 5.75 Å². The van der Waals surface area contributed by atoms with Crippen molar-refractivity contribution in [3.63, 3.8) is 0 Å². The normalized spacial score (nSPS) is 10.6. The van der Waals surface area contributed by atoms with Crippen LogP contribution in [-0.2, 0) is 10.1 Å². The highest BCUT2D eigenvalue weighted by Gasteiger charge is 2.23. The number of aromatic hydroxyl groups is 1. The van der Waals surface area contributed by atoms with Crippen LogP contribution in [0.5, 0.6) is 5.75 Å². The van der Waals surface area contributed by atoms with E-state index in [1.165, 1.54) is 0 Å². The Balaban J connectivity index is 3.35. The molecular formula is C9H8BrF2NO3. The Morgan fingerprint density at radius 3 is 2.75 bits per heavy atom. The first-order chi connectivity index (χ1) is 7.52. The highest BCUT2D eigenvalue weighted by Crippen LogP contribution is 2.32. The summed E-state index contributed by atoms with van der Waals surface area (Å²) in [5.74, 6) is -1.42. The topological polar surface area (TPSA) is 59.4 Å². The molecule has 88 valence electrons. The van der Waals surface area contributed by atoms with Gasteiger partial charge in [-0.3, -0.25) is 4.98 Å². The summed E-state index contributed by atoms with van der Waals surface area (Å²) in [5.41, 5.74) is -0.750. The fourth-order valence-electron chi connectivity index (χ4n) is 1.14. The van der Waals surface area contributed by atoms with E-state index in [-0.39, 0.29) is 16.5 Å². The molecule has 1 rings (SSSR count). The van der Waals surface area contributed by atoms with E-state index in [9.17, 15) is 18.7 Å². The van der Waals surface area contributed by atoms with Gasteiger partial charge in [-0.05, 0) is 0 Å². The van der Waals surface area contributed by atoms with E-state index in [1.807, 2.05) is 0 Å². The first kappa shape index (κ1) is 12.8. The predicted octanol–water partition coefficient (Wildman–Crippen LogP) is 2.41. The molecular weight excluding hydrogens is 288 g/mol. The van der Waals surface area contributed by atoms with Crippen molar-refractivity contribution in [1.29, 1.82) is 0 Å². The van der Waals surface area contributed by atoms with E-state index >= 15 is 0 Å². The quantitative estimate of drug-likeness (QED) is 0.687. The van der Waals surface area contributed by atoms with E-state index in [4.69, 9.17) is 0 Å².